The van der Waals surface area contributed by atoms with Crippen LogP contribution in [0.2, 0.25) is 0 Å². The zero-order valence-electron chi connectivity index (χ0n) is 10.2. The number of fused-ring (bicyclic) bond motifs is 1. The van der Waals surface area contributed by atoms with E-state index >= 15 is 0 Å². The zero-order valence-corrected chi connectivity index (χ0v) is 10.2. The highest BCUT2D eigenvalue weighted by Crippen LogP contribution is 2.24. The van der Waals surface area contributed by atoms with Crippen molar-refractivity contribution in [1.82, 2.24) is 4.57 Å². The summed E-state index contributed by atoms with van der Waals surface area (Å²) in [4.78, 5) is 22.4. The maximum atomic E-state index is 13.3. The molecule has 0 saturated carbocycles. The van der Waals surface area contributed by atoms with Crippen LogP contribution in [0.4, 0.5) is 4.39 Å². The molecule has 0 unspecified atom stereocenters. The van der Waals surface area contributed by atoms with E-state index in [1.807, 2.05) is 0 Å². The molecule has 1 N–H and O–H groups in total. The molecule has 0 radical (unpaired) electrons. The van der Waals surface area contributed by atoms with Crippen molar-refractivity contribution >= 4 is 16.9 Å². The Morgan fingerprint density at radius 1 is 1.42 bits per heavy atom. The zero-order chi connectivity index (χ0) is 14.0. The van der Waals surface area contributed by atoms with Gasteiger partial charge in [0, 0.05) is 18.0 Å². The fraction of sp³-hybridized carbons (Fsp3) is 0.231. The molecule has 0 aliphatic carbocycles. The molecule has 5 nitrogen and oxygen atoms in total. The normalized spacial score (nSPS) is 10.6. The molecule has 2 aromatic rings. The highest BCUT2D eigenvalue weighted by molar-refractivity contribution is 5.85. The molecule has 1 aromatic heterocycles. The molecule has 0 bridgehead atoms. The molecule has 0 fully saturated rings. The van der Waals surface area contributed by atoms with E-state index in [2.05, 4.69) is 0 Å². The molecule has 0 saturated heterocycles. The monoisotopic (exact) mass is 265 g/mol. The lowest BCUT2D eigenvalue weighted by Gasteiger charge is -2.12. The minimum Gasteiger partial charge on any atom is -0.481 e. The maximum Gasteiger partial charge on any atom is 0.341 e. The standard InChI is InChI=1S/C13H12FNO4/c1-2-15-10-4-3-8(14)5-9(10)11(6-12(15)16)19-7-13(17)18/h3-6H,2,7H2,1H3,(H,17,18). The predicted molar refractivity (Wildman–Crippen MR) is 67.0 cm³/mol. The molecule has 100 valence electrons. The summed E-state index contributed by atoms with van der Waals surface area (Å²) in [5, 5.41) is 8.97. The number of rotatable bonds is 4. The number of carboxylic acids is 1. The van der Waals surface area contributed by atoms with Crippen LogP contribution in [-0.2, 0) is 11.3 Å². The molecule has 6 heteroatoms. The number of aromatic nitrogens is 1. The first-order chi connectivity index (χ1) is 9.02. The summed E-state index contributed by atoms with van der Waals surface area (Å²) in [5.41, 5.74) is 0.193. The quantitative estimate of drug-likeness (QED) is 0.912. The van der Waals surface area contributed by atoms with Crippen LogP contribution in [0, 0.1) is 5.82 Å². The number of benzene rings is 1. The van der Waals surface area contributed by atoms with E-state index in [0.717, 1.165) is 0 Å². The van der Waals surface area contributed by atoms with Gasteiger partial charge in [0.05, 0.1) is 5.52 Å². The molecule has 19 heavy (non-hydrogen) atoms. The van der Waals surface area contributed by atoms with Gasteiger partial charge < -0.3 is 14.4 Å². The number of aryl methyl sites for hydroxylation is 1. The molecule has 0 amide bonds. The summed E-state index contributed by atoms with van der Waals surface area (Å²) >= 11 is 0. The third-order valence-corrected chi connectivity index (χ3v) is 2.70. The third kappa shape index (κ3) is 2.57. The Kier molecular flexibility index (Phi) is 3.50. The van der Waals surface area contributed by atoms with Crippen molar-refractivity contribution in [3.8, 4) is 5.75 Å². The van der Waals surface area contributed by atoms with E-state index in [-0.39, 0.29) is 11.3 Å². The lowest BCUT2D eigenvalue weighted by molar-refractivity contribution is -0.139. The number of hydrogen-bond donors (Lipinski definition) is 1. The third-order valence-electron chi connectivity index (χ3n) is 2.70. The first kappa shape index (κ1) is 13.1. The van der Waals surface area contributed by atoms with Crippen molar-refractivity contribution in [1.29, 1.82) is 0 Å². The summed E-state index contributed by atoms with van der Waals surface area (Å²) in [5.74, 6) is -1.56. The number of carbonyl (C=O) groups is 1. The molecular formula is C13H12FNO4. The number of hydrogen-bond acceptors (Lipinski definition) is 3. The summed E-state index contributed by atoms with van der Waals surface area (Å²) in [7, 11) is 0. The van der Waals surface area contributed by atoms with Gasteiger partial charge in [0.15, 0.2) is 6.61 Å². The largest absolute Gasteiger partial charge is 0.481 e. The van der Waals surface area contributed by atoms with E-state index < -0.39 is 18.4 Å². The Hall–Kier alpha value is -2.37. The van der Waals surface area contributed by atoms with Crippen molar-refractivity contribution in [3.63, 3.8) is 0 Å². The molecule has 0 atom stereocenters. The van der Waals surface area contributed by atoms with Gasteiger partial charge in [-0.2, -0.15) is 0 Å². The topological polar surface area (TPSA) is 68.5 Å². The summed E-state index contributed by atoms with van der Waals surface area (Å²) in [6.45, 7) is 1.64. The average molecular weight is 265 g/mol. The van der Waals surface area contributed by atoms with E-state index in [9.17, 15) is 14.0 Å². The highest BCUT2D eigenvalue weighted by atomic mass is 19.1. The Balaban J connectivity index is 2.66. The molecular weight excluding hydrogens is 253 g/mol. The van der Waals surface area contributed by atoms with Crippen LogP contribution in [0.3, 0.4) is 0 Å². The van der Waals surface area contributed by atoms with Gasteiger partial charge >= 0.3 is 5.97 Å². The van der Waals surface area contributed by atoms with Crippen molar-refractivity contribution in [2.24, 2.45) is 0 Å². The second-order valence-electron chi connectivity index (χ2n) is 3.93. The Labute approximate surface area is 107 Å². The molecule has 0 aliphatic heterocycles. The van der Waals surface area contributed by atoms with Gasteiger partial charge in [-0.1, -0.05) is 0 Å². The second-order valence-corrected chi connectivity index (χ2v) is 3.93. The van der Waals surface area contributed by atoms with Gasteiger partial charge in [0.1, 0.15) is 11.6 Å². The number of nitrogens with zero attached hydrogens (tertiary/aromatic N) is 1. The lowest BCUT2D eigenvalue weighted by atomic mass is 10.2. The fourth-order valence-electron chi connectivity index (χ4n) is 1.91. The van der Waals surface area contributed by atoms with Gasteiger partial charge in [-0.25, -0.2) is 9.18 Å². The minimum absolute atomic E-state index is 0.0756. The lowest BCUT2D eigenvalue weighted by Crippen LogP contribution is -2.20. The van der Waals surface area contributed by atoms with E-state index in [0.29, 0.717) is 17.4 Å². The maximum absolute atomic E-state index is 13.3. The smallest absolute Gasteiger partial charge is 0.341 e. The van der Waals surface area contributed by atoms with Crippen molar-refractivity contribution in [2.45, 2.75) is 13.5 Å². The van der Waals surface area contributed by atoms with Crippen molar-refractivity contribution in [2.75, 3.05) is 6.61 Å². The fourth-order valence-corrected chi connectivity index (χ4v) is 1.91. The number of pyridine rings is 1. The molecule has 1 heterocycles. The van der Waals surface area contributed by atoms with Crippen LogP contribution in [0.25, 0.3) is 10.9 Å². The first-order valence-electron chi connectivity index (χ1n) is 5.70. The van der Waals surface area contributed by atoms with E-state index in [4.69, 9.17) is 9.84 Å². The van der Waals surface area contributed by atoms with Crippen LogP contribution in [0.15, 0.2) is 29.1 Å². The minimum atomic E-state index is -1.16. The van der Waals surface area contributed by atoms with E-state index in [1.165, 1.54) is 28.8 Å². The van der Waals surface area contributed by atoms with Crippen molar-refractivity contribution < 1.29 is 19.0 Å². The molecule has 2 rings (SSSR count). The summed E-state index contributed by atoms with van der Waals surface area (Å²) < 4.78 is 19.8. The Bertz CT molecular complexity index is 693. The highest BCUT2D eigenvalue weighted by Gasteiger charge is 2.11. The van der Waals surface area contributed by atoms with Crippen LogP contribution in [0.5, 0.6) is 5.75 Å². The van der Waals surface area contributed by atoms with Gasteiger partial charge in [-0.3, -0.25) is 4.79 Å². The average Bonchev–Trinajstić information content (AvgIpc) is 2.36. The number of aliphatic carboxylic acids is 1. The number of carboxylic acid groups (broad SMARTS) is 1. The molecule has 0 spiro atoms. The SMILES string of the molecule is CCn1c(=O)cc(OCC(=O)O)c2cc(F)ccc21. The first-order valence-corrected chi connectivity index (χ1v) is 5.70. The molecule has 0 aliphatic rings. The van der Waals surface area contributed by atoms with E-state index in [1.54, 1.807) is 6.92 Å². The Morgan fingerprint density at radius 2 is 2.16 bits per heavy atom. The van der Waals surface area contributed by atoms with Crippen molar-refractivity contribution in [3.05, 3.63) is 40.4 Å². The summed E-state index contributed by atoms with van der Waals surface area (Å²) in [6.07, 6.45) is 0. The Morgan fingerprint density at radius 3 is 2.79 bits per heavy atom. The predicted octanol–water partition coefficient (Wildman–Crippen LogP) is 1.62. The second kappa shape index (κ2) is 5.09. The van der Waals surface area contributed by atoms with Gasteiger partial charge in [0.2, 0.25) is 0 Å². The molecule has 1 aromatic carbocycles. The number of ether oxygens (including phenoxy) is 1. The van der Waals surface area contributed by atoms with Gasteiger partial charge in [-0.05, 0) is 25.1 Å². The van der Waals surface area contributed by atoms with Crippen LogP contribution >= 0.6 is 0 Å². The van der Waals surface area contributed by atoms with Crippen LogP contribution < -0.4 is 10.3 Å². The number of halogens is 1. The van der Waals surface area contributed by atoms with Crippen LogP contribution in [-0.4, -0.2) is 22.2 Å². The van der Waals surface area contributed by atoms with Gasteiger partial charge in [0.25, 0.3) is 5.56 Å². The summed E-state index contributed by atoms with van der Waals surface area (Å²) in [6, 6.07) is 5.12. The van der Waals surface area contributed by atoms with Gasteiger partial charge in [-0.15, -0.1) is 0 Å². The van der Waals surface area contributed by atoms with Crippen LogP contribution in [0.1, 0.15) is 6.92 Å².